The van der Waals surface area contributed by atoms with Crippen LogP contribution in [0, 0.1) is 18.7 Å². The van der Waals surface area contributed by atoms with Crippen molar-refractivity contribution in [2.45, 2.75) is 13.0 Å². The van der Waals surface area contributed by atoms with E-state index in [1.165, 1.54) is 24.3 Å². The van der Waals surface area contributed by atoms with Gasteiger partial charge in [0.2, 0.25) is 12.0 Å². The minimum Gasteiger partial charge on any atom is -0.381 e. The van der Waals surface area contributed by atoms with Crippen molar-refractivity contribution in [2.75, 3.05) is 4.90 Å². The number of hydrogen-bond acceptors (Lipinski definition) is 4. The second kappa shape index (κ2) is 5.26. The number of carbonyl (C=O) groups is 2. The van der Waals surface area contributed by atoms with E-state index in [9.17, 15) is 14.0 Å². The van der Waals surface area contributed by atoms with Gasteiger partial charge in [-0.05, 0) is 31.2 Å². The molecule has 0 saturated carbocycles. The number of imide groups is 1. The zero-order valence-electron chi connectivity index (χ0n) is 12.8. The highest BCUT2D eigenvalue weighted by molar-refractivity contribution is 6.32. The maximum atomic E-state index is 13.1. The van der Waals surface area contributed by atoms with Gasteiger partial charge in [-0.1, -0.05) is 35.0 Å². The molecule has 1 fully saturated rings. The molecule has 2 heterocycles. The number of fused-ring (bicyclic) bond motifs is 1. The fourth-order valence-electron chi connectivity index (χ4n) is 2.98. The predicted molar refractivity (Wildman–Crippen MR) is 85.0 cm³/mol. The van der Waals surface area contributed by atoms with Gasteiger partial charge in [0.25, 0.3) is 5.91 Å². The summed E-state index contributed by atoms with van der Waals surface area (Å²) < 4.78 is 13.1. The molecule has 2 aliphatic heterocycles. The van der Waals surface area contributed by atoms with E-state index >= 15 is 0 Å². The molecule has 1 saturated heterocycles. The normalized spacial score (nSPS) is 22.4. The molecule has 6 heteroatoms. The van der Waals surface area contributed by atoms with E-state index in [-0.39, 0.29) is 11.7 Å². The first-order valence-electron chi connectivity index (χ1n) is 7.50. The van der Waals surface area contributed by atoms with Crippen LogP contribution in [0.4, 0.5) is 10.1 Å². The lowest BCUT2D eigenvalue weighted by Crippen LogP contribution is -2.33. The van der Waals surface area contributed by atoms with Gasteiger partial charge in [0.15, 0.2) is 0 Å². The van der Waals surface area contributed by atoms with Crippen LogP contribution in [0.15, 0.2) is 53.7 Å². The van der Waals surface area contributed by atoms with Crippen molar-refractivity contribution in [2.24, 2.45) is 11.1 Å². The SMILES string of the molecule is Cc1ccc(N2C(=O)[C@@H]3C(c4ccc(F)cc4)=NO[C@H]3C2=O)cc1. The number of hydrogen-bond donors (Lipinski definition) is 0. The Morgan fingerprint density at radius 3 is 2.33 bits per heavy atom. The molecular formula is C18H13FN2O3. The summed E-state index contributed by atoms with van der Waals surface area (Å²) >= 11 is 0. The van der Waals surface area contributed by atoms with Gasteiger partial charge in [-0.3, -0.25) is 9.59 Å². The van der Waals surface area contributed by atoms with Crippen LogP contribution in [0.25, 0.3) is 0 Å². The van der Waals surface area contributed by atoms with E-state index in [2.05, 4.69) is 5.16 Å². The van der Waals surface area contributed by atoms with Crippen molar-refractivity contribution in [1.29, 1.82) is 0 Å². The summed E-state index contributed by atoms with van der Waals surface area (Å²) in [5.74, 6) is -2.00. The average molecular weight is 324 g/mol. The zero-order valence-corrected chi connectivity index (χ0v) is 12.8. The van der Waals surface area contributed by atoms with Crippen molar-refractivity contribution in [1.82, 2.24) is 0 Å². The van der Waals surface area contributed by atoms with E-state index in [1.807, 2.05) is 19.1 Å². The number of anilines is 1. The molecule has 2 aromatic carbocycles. The second-order valence-electron chi connectivity index (χ2n) is 5.83. The molecule has 0 spiro atoms. The highest BCUT2D eigenvalue weighted by Gasteiger charge is 2.56. The Kier molecular flexibility index (Phi) is 3.19. The van der Waals surface area contributed by atoms with Crippen LogP contribution in [-0.4, -0.2) is 23.6 Å². The topological polar surface area (TPSA) is 59.0 Å². The largest absolute Gasteiger partial charge is 0.381 e. The highest BCUT2D eigenvalue weighted by atomic mass is 19.1. The number of halogens is 1. The minimum absolute atomic E-state index is 0.355. The molecule has 0 aromatic heterocycles. The summed E-state index contributed by atoms with van der Waals surface area (Å²) in [5, 5.41) is 3.89. The van der Waals surface area contributed by atoms with Crippen LogP contribution in [-0.2, 0) is 14.4 Å². The van der Waals surface area contributed by atoms with Gasteiger partial charge in [-0.15, -0.1) is 0 Å². The summed E-state index contributed by atoms with van der Waals surface area (Å²) in [7, 11) is 0. The Bertz CT molecular complexity index is 859. The number of aryl methyl sites for hydroxylation is 1. The van der Waals surface area contributed by atoms with Gasteiger partial charge in [-0.2, -0.15) is 0 Å². The van der Waals surface area contributed by atoms with Crippen LogP contribution in [0.2, 0.25) is 0 Å². The maximum absolute atomic E-state index is 13.1. The van der Waals surface area contributed by atoms with Gasteiger partial charge in [0, 0.05) is 5.56 Å². The summed E-state index contributed by atoms with van der Waals surface area (Å²) in [6.07, 6.45) is -0.959. The minimum atomic E-state index is -0.959. The molecule has 4 rings (SSSR count). The number of benzene rings is 2. The van der Waals surface area contributed by atoms with Gasteiger partial charge < -0.3 is 4.84 Å². The highest BCUT2D eigenvalue weighted by Crippen LogP contribution is 2.35. The Balaban J connectivity index is 1.69. The third-order valence-electron chi connectivity index (χ3n) is 4.24. The first kappa shape index (κ1) is 14.6. The fourth-order valence-corrected chi connectivity index (χ4v) is 2.98. The molecule has 0 radical (unpaired) electrons. The van der Waals surface area contributed by atoms with Crippen molar-refractivity contribution in [3.05, 3.63) is 65.5 Å². The zero-order chi connectivity index (χ0) is 16.8. The molecule has 0 aliphatic carbocycles. The van der Waals surface area contributed by atoms with Gasteiger partial charge in [0.05, 0.1) is 5.69 Å². The Morgan fingerprint density at radius 1 is 1.00 bits per heavy atom. The Labute approximate surface area is 137 Å². The van der Waals surface area contributed by atoms with Crippen LogP contribution < -0.4 is 4.90 Å². The summed E-state index contributed by atoms with van der Waals surface area (Å²) in [4.78, 5) is 31.7. The van der Waals surface area contributed by atoms with Gasteiger partial charge in [-0.25, -0.2) is 9.29 Å². The van der Waals surface area contributed by atoms with E-state index in [0.717, 1.165) is 10.5 Å². The summed E-state index contributed by atoms with van der Waals surface area (Å²) in [6, 6.07) is 12.7. The number of oxime groups is 1. The predicted octanol–water partition coefficient (Wildman–Crippen LogP) is 2.43. The van der Waals surface area contributed by atoms with E-state index in [4.69, 9.17) is 4.84 Å². The first-order chi connectivity index (χ1) is 11.6. The second-order valence-corrected chi connectivity index (χ2v) is 5.83. The summed E-state index contributed by atoms with van der Waals surface area (Å²) in [5.41, 5.74) is 2.46. The molecule has 2 atom stereocenters. The molecule has 0 bridgehead atoms. The van der Waals surface area contributed by atoms with Crippen LogP contribution >= 0.6 is 0 Å². The van der Waals surface area contributed by atoms with Crippen LogP contribution in [0.3, 0.4) is 0 Å². The monoisotopic (exact) mass is 324 g/mol. The fraction of sp³-hybridized carbons (Fsp3) is 0.167. The molecule has 2 amide bonds. The third-order valence-corrected chi connectivity index (χ3v) is 4.24. The Hall–Kier alpha value is -3.02. The van der Waals surface area contributed by atoms with Crippen molar-refractivity contribution in [3.63, 3.8) is 0 Å². The molecular weight excluding hydrogens is 311 g/mol. The molecule has 2 aromatic rings. The number of nitrogens with zero attached hydrogens (tertiary/aromatic N) is 2. The molecule has 120 valence electrons. The third kappa shape index (κ3) is 2.11. The lowest BCUT2D eigenvalue weighted by Gasteiger charge is -2.15. The smallest absolute Gasteiger partial charge is 0.278 e. The standard InChI is InChI=1S/C18H13FN2O3/c1-10-2-8-13(9-3-10)21-17(22)14-15(20-24-16(14)18(21)23)11-4-6-12(19)7-5-11/h2-9,14,16H,1H3/t14-,16-/m1/s1. The van der Waals surface area contributed by atoms with Crippen molar-refractivity contribution in [3.8, 4) is 0 Å². The molecule has 24 heavy (non-hydrogen) atoms. The van der Waals surface area contributed by atoms with E-state index in [1.54, 1.807) is 12.1 Å². The van der Waals surface area contributed by atoms with Gasteiger partial charge in [0.1, 0.15) is 17.4 Å². The van der Waals surface area contributed by atoms with E-state index in [0.29, 0.717) is 17.0 Å². The van der Waals surface area contributed by atoms with Crippen molar-refractivity contribution < 1.29 is 18.8 Å². The Morgan fingerprint density at radius 2 is 1.67 bits per heavy atom. The molecule has 0 unspecified atom stereocenters. The first-order valence-corrected chi connectivity index (χ1v) is 7.50. The molecule has 0 N–H and O–H groups in total. The number of amides is 2. The van der Waals surface area contributed by atoms with Crippen molar-refractivity contribution >= 4 is 23.2 Å². The van der Waals surface area contributed by atoms with Crippen LogP contribution in [0.5, 0.6) is 0 Å². The maximum Gasteiger partial charge on any atom is 0.278 e. The van der Waals surface area contributed by atoms with Crippen LogP contribution in [0.1, 0.15) is 11.1 Å². The lowest BCUT2D eigenvalue weighted by molar-refractivity contribution is -0.126. The number of rotatable bonds is 2. The molecule has 5 nitrogen and oxygen atoms in total. The van der Waals surface area contributed by atoms with E-state index < -0.39 is 17.9 Å². The molecule has 2 aliphatic rings. The quantitative estimate of drug-likeness (QED) is 0.797. The summed E-state index contributed by atoms with van der Waals surface area (Å²) in [6.45, 7) is 1.93. The van der Waals surface area contributed by atoms with Gasteiger partial charge >= 0.3 is 0 Å². The lowest BCUT2D eigenvalue weighted by atomic mass is 9.94. The average Bonchev–Trinajstić information content (AvgIpc) is 3.11. The number of carbonyl (C=O) groups excluding carboxylic acids is 2.